The third-order valence-corrected chi connectivity index (χ3v) is 9.32. The molecule has 0 unspecified atom stereocenters. The van der Waals surface area contributed by atoms with Gasteiger partial charge < -0.3 is 4.57 Å². The molecule has 1 amide bonds. The van der Waals surface area contributed by atoms with Crippen LogP contribution >= 0.6 is 11.3 Å². The third-order valence-electron chi connectivity index (χ3n) is 6.36. The summed E-state index contributed by atoms with van der Waals surface area (Å²) in [6, 6.07) is 12.4. The summed E-state index contributed by atoms with van der Waals surface area (Å²) in [7, 11) is -3.55. The van der Waals surface area contributed by atoms with Crippen molar-refractivity contribution < 1.29 is 13.2 Å². The molecule has 1 aliphatic heterocycles. The molecule has 1 aliphatic rings. The van der Waals surface area contributed by atoms with E-state index in [9.17, 15) is 13.2 Å². The van der Waals surface area contributed by atoms with Crippen LogP contribution in [0.15, 0.2) is 65.0 Å². The molecule has 8 heteroatoms. The minimum absolute atomic E-state index is 0.211. The maximum absolute atomic E-state index is 13.0. The Morgan fingerprint density at radius 3 is 2.47 bits per heavy atom. The highest BCUT2D eigenvalue weighted by Crippen LogP contribution is 2.25. The number of nitrogens with zero attached hydrogens (tertiary/aromatic N) is 3. The molecule has 180 valence electrons. The fraction of sp³-hybridized carbons (Fsp3) is 0.385. The number of aromatic nitrogens is 1. The van der Waals surface area contributed by atoms with E-state index in [1.807, 2.05) is 4.57 Å². The number of carbonyl (C=O) groups excluding carboxylic acids is 1. The zero-order valence-electron chi connectivity index (χ0n) is 19.9. The number of hydrogen-bond donors (Lipinski definition) is 0. The fourth-order valence-electron chi connectivity index (χ4n) is 4.14. The van der Waals surface area contributed by atoms with Gasteiger partial charge in [-0.25, -0.2) is 8.42 Å². The molecule has 1 aromatic heterocycles. The number of thiazole rings is 1. The van der Waals surface area contributed by atoms with Crippen LogP contribution < -0.4 is 4.80 Å². The predicted molar refractivity (Wildman–Crippen MR) is 138 cm³/mol. The maximum Gasteiger partial charge on any atom is 0.279 e. The van der Waals surface area contributed by atoms with E-state index in [1.54, 1.807) is 18.2 Å². The van der Waals surface area contributed by atoms with Crippen molar-refractivity contribution in [1.29, 1.82) is 0 Å². The normalized spacial score (nSPS) is 16.4. The van der Waals surface area contributed by atoms with Crippen molar-refractivity contribution in [2.75, 3.05) is 13.1 Å². The summed E-state index contributed by atoms with van der Waals surface area (Å²) < 4.78 is 30.5. The van der Waals surface area contributed by atoms with Crippen LogP contribution in [0.25, 0.3) is 10.2 Å². The molecule has 2 aromatic carbocycles. The first-order valence-corrected chi connectivity index (χ1v) is 13.9. The van der Waals surface area contributed by atoms with Gasteiger partial charge in [0.05, 0.1) is 15.1 Å². The Morgan fingerprint density at radius 2 is 1.85 bits per heavy atom. The van der Waals surface area contributed by atoms with Gasteiger partial charge in [-0.1, -0.05) is 44.3 Å². The molecule has 2 heterocycles. The van der Waals surface area contributed by atoms with Crippen molar-refractivity contribution in [3.63, 3.8) is 0 Å². The molecule has 0 saturated carbocycles. The van der Waals surface area contributed by atoms with Crippen LogP contribution in [0.3, 0.4) is 0 Å². The topological polar surface area (TPSA) is 71.7 Å². The SMILES string of the molecule is C=CCn1c(=NC(=O)c2ccc(S(=O)(=O)N3CCC(C)CC3)cc2)sc2cc(C(C)C)ccc21. The minimum Gasteiger partial charge on any atom is -0.312 e. The van der Waals surface area contributed by atoms with Gasteiger partial charge in [0.25, 0.3) is 5.91 Å². The highest BCUT2D eigenvalue weighted by molar-refractivity contribution is 7.89. The summed E-state index contributed by atoms with van der Waals surface area (Å²) in [5.41, 5.74) is 2.60. The number of piperidine rings is 1. The molecule has 0 N–H and O–H groups in total. The molecule has 34 heavy (non-hydrogen) atoms. The second kappa shape index (κ2) is 9.98. The number of fused-ring (bicyclic) bond motifs is 1. The first-order valence-electron chi connectivity index (χ1n) is 11.6. The van der Waals surface area contributed by atoms with Crippen molar-refractivity contribution in [3.8, 4) is 0 Å². The fourth-order valence-corrected chi connectivity index (χ4v) is 6.69. The van der Waals surface area contributed by atoms with E-state index >= 15 is 0 Å². The Hall–Kier alpha value is -2.55. The van der Waals surface area contributed by atoms with Gasteiger partial charge in [-0.05, 0) is 66.6 Å². The van der Waals surface area contributed by atoms with Crippen LogP contribution in [0.2, 0.25) is 0 Å². The van der Waals surface area contributed by atoms with Crippen LogP contribution in [-0.4, -0.2) is 36.3 Å². The zero-order valence-corrected chi connectivity index (χ0v) is 21.5. The molecule has 1 fully saturated rings. The van der Waals surface area contributed by atoms with Crippen molar-refractivity contribution in [2.45, 2.75) is 51.0 Å². The summed E-state index contributed by atoms with van der Waals surface area (Å²) >= 11 is 1.47. The van der Waals surface area contributed by atoms with Crippen molar-refractivity contribution in [2.24, 2.45) is 10.9 Å². The van der Waals surface area contributed by atoms with Gasteiger partial charge in [-0.3, -0.25) is 4.79 Å². The van der Waals surface area contributed by atoms with Gasteiger partial charge in [-0.2, -0.15) is 9.30 Å². The lowest BCUT2D eigenvalue weighted by Crippen LogP contribution is -2.37. The number of allylic oxidation sites excluding steroid dienone is 1. The summed E-state index contributed by atoms with van der Waals surface area (Å²) in [4.78, 5) is 18.2. The molecular formula is C26H31N3O3S2. The number of carbonyl (C=O) groups is 1. The number of hydrogen-bond acceptors (Lipinski definition) is 4. The Balaban J connectivity index is 1.64. The molecule has 0 aliphatic carbocycles. The molecular weight excluding hydrogens is 466 g/mol. The van der Waals surface area contributed by atoms with Gasteiger partial charge in [0, 0.05) is 25.2 Å². The van der Waals surface area contributed by atoms with E-state index in [4.69, 9.17) is 0 Å². The van der Waals surface area contributed by atoms with E-state index < -0.39 is 15.9 Å². The van der Waals surface area contributed by atoms with Crippen LogP contribution in [-0.2, 0) is 16.6 Å². The standard InChI is InChI=1S/C26H31N3O3S2/c1-5-14-29-23-11-8-21(18(2)3)17-24(23)33-26(29)27-25(30)20-6-9-22(10-7-20)34(31,32)28-15-12-19(4)13-16-28/h5-11,17-19H,1,12-16H2,2-4H3. The monoisotopic (exact) mass is 497 g/mol. The van der Waals surface area contributed by atoms with Crippen molar-refractivity contribution >= 4 is 37.5 Å². The number of rotatable bonds is 6. The molecule has 0 bridgehead atoms. The van der Waals surface area contributed by atoms with Crippen LogP contribution in [0.4, 0.5) is 0 Å². The number of benzene rings is 2. The molecule has 1 saturated heterocycles. The molecule has 3 aromatic rings. The lowest BCUT2D eigenvalue weighted by atomic mass is 10.0. The number of amides is 1. The zero-order chi connectivity index (χ0) is 24.5. The smallest absolute Gasteiger partial charge is 0.279 e. The Morgan fingerprint density at radius 1 is 1.18 bits per heavy atom. The molecule has 0 atom stereocenters. The quantitative estimate of drug-likeness (QED) is 0.441. The maximum atomic E-state index is 13.0. The minimum atomic E-state index is -3.55. The summed E-state index contributed by atoms with van der Waals surface area (Å²) in [5.74, 6) is 0.552. The Bertz CT molecular complexity index is 1370. The lowest BCUT2D eigenvalue weighted by Gasteiger charge is -2.29. The average Bonchev–Trinajstić information content (AvgIpc) is 3.15. The molecule has 4 rings (SSSR count). The van der Waals surface area contributed by atoms with E-state index in [-0.39, 0.29) is 4.90 Å². The van der Waals surface area contributed by atoms with Crippen molar-refractivity contribution in [1.82, 2.24) is 8.87 Å². The molecule has 0 radical (unpaired) electrons. The Labute approximate surface area is 205 Å². The van der Waals surface area contributed by atoms with E-state index in [0.717, 1.165) is 23.1 Å². The Kier molecular flexibility index (Phi) is 7.21. The van der Waals surface area contributed by atoms with E-state index in [0.29, 0.717) is 41.8 Å². The number of sulfonamides is 1. The van der Waals surface area contributed by atoms with Crippen LogP contribution in [0.1, 0.15) is 55.5 Å². The first-order chi connectivity index (χ1) is 16.2. The van der Waals surface area contributed by atoms with Gasteiger partial charge >= 0.3 is 0 Å². The van der Waals surface area contributed by atoms with Gasteiger partial charge in [0.15, 0.2) is 4.80 Å². The second-order valence-corrected chi connectivity index (χ2v) is 12.1. The van der Waals surface area contributed by atoms with Gasteiger partial charge in [-0.15, -0.1) is 6.58 Å². The first kappa shape index (κ1) is 24.6. The summed E-state index contributed by atoms with van der Waals surface area (Å²) in [5, 5.41) is 0. The lowest BCUT2D eigenvalue weighted by molar-refractivity contribution is 0.0997. The summed E-state index contributed by atoms with van der Waals surface area (Å²) in [6.07, 6.45) is 3.52. The van der Waals surface area contributed by atoms with Crippen LogP contribution in [0.5, 0.6) is 0 Å². The third kappa shape index (κ3) is 4.94. The largest absolute Gasteiger partial charge is 0.312 e. The molecule has 6 nitrogen and oxygen atoms in total. The van der Waals surface area contributed by atoms with Crippen LogP contribution in [0, 0.1) is 5.92 Å². The second-order valence-electron chi connectivity index (χ2n) is 9.19. The van der Waals surface area contributed by atoms with E-state index in [2.05, 4.69) is 50.5 Å². The molecule has 0 spiro atoms. The van der Waals surface area contributed by atoms with Gasteiger partial charge in [0.1, 0.15) is 0 Å². The van der Waals surface area contributed by atoms with E-state index in [1.165, 1.54) is 33.3 Å². The average molecular weight is 498 g/mol. The summed E-state index contributed by atoms with van der Waals surface area (Å²) in [6.45, 7) is 11.9. The van der Waals surface area contributed by atoms with Crippen molar-refractivity contribution in [3.05, 3.63) is 71.0 Å². The van der Waals surface area contributed by atoms with Gasteiger partial charge in [0.2, 0.25) is 10.0 Å². The predicted octanol–water partition coefficient (Wildman–Crippen LogP) is 5.17. The highest BCUT2D eigenvalue weighted by Gasteiger charge is 2.28. The highest BCUT2D eigenvalue weighted by atomic mass is 32.2.